The van der Waals surface area contributed by atoms with Gasteiger partial charge in [0, 0.05) is 36.0 Å². The van der Waals surface area contributed by atoms with Gasteiger partial charge in [0.15, 0.2) is 0 Å². The second-order valence-corrected chi connectivity index (χ2v) is 9.04. The molecular formula is C25H26FN5O3. The van der Waals surface area contributed by atoms with E-state index in [4.69, 9.17) is 25.4 Å². The van der Waals surface area contributed by atoms with Crippen molar-refractivity contribution in [3.63, 3.8) is 0 Å². The second kappa shape index (κ2) is 8.57. The largest absolute Gasteiger partial charge is 0.465 e. The molecule has 0 aliphatic carbocycles. The van der Waals surface area contributed by atoms with Crippen LogP contribution in [-0.4, -0.2) is 47.9 Å². The minimum atomic E-state index is -0.546. The van der Waals surface area contributed by atoms with Crippen LogP contribution in [0.5, 0.6) is 11.6 Å². The summed E-state index contributed by atoms with van der Waals surface area (Å²) < 4.78 is 31.8. The molecule has 1 aromatic carbocycles. The Morgan fingerprint density at radius 3 is 2.88 bits per heavy atom. The van der Waals surface area contributed by atoms with Gasteiger partial charge >= 0.3 is 0 Å². The van der Waals surface area contributed by atoms with Gasteiger partial charge in [-0.2, -0.15) is 4.39 Å². The molecule has 176 valence electrons. The number of pyridine rings is 2. The molecule has 9 heteroatoms. The zero-order valence-corrected chi connectivity index (χ0v) is 19.0. The van der Waals surface area contributed by atoms with Crippen LogP contribution < -0.4 is 15.4 Å². The topological polar surface area (TPSA) is 107 Å². The molecule has 1 atom stereocenters. The molecule has 1 unspecified atom stereocenters. The number of morpholine rings is 1. The number of aromatic nitrogens is 2. The summed E-state index contributed by atoms with van der Waals surface area (Å²) in [4.78, 5) is 10.6. The van der Waals surface area contributed by atoms with Crippen LogP contribution in [0.4, 0.5) is 10.1 Å². The van der Waals surface area contributed by atoms with Gasteiger partial charge in [0.05, 0.1) is 30.0 Å². The Hall–Kier alpha value is -3.72. The fourth-order valence-corrected chi connectivity index (χ4v) is 4.51. The number of hydrogen-bond acceptors (Lipinski definition) is 7. The van der Waals surface area contributed by atoms with Crippen LogP contribution in [0.2, 0.25) is 0 Å². The first-order chi connectivity index (χ1) is 16.3. The predicted octanol–water partition coefficient (Wildman–Crippen LogP) is 4.05. The summed E-state index contributed by atoms with van der Waals surface area (Å²) in [6, 6.07) is 10.5. The van der Waals surface area contributed by atoms with E-state index in [1.54, 1.807) is 30.5 Å². The van der Waals surface area contributed by atoms with E-state index in [1.165, 1.54) is 6.20 Å². The first-order valence-corrected chi connectivity index (χ1v) is 11.1. The third kappa shape index (κ3) is 4.26. The number of nitrogens with two attached hydrogens (primary N) is 1. The van der Waals surface area contributed by atoms with Gasteiger partial charge in [-0.05, 0) is 49.7 Å². The number of halogens is 1. The van der Waals surface area contributed by atoms with E-state index in [-0.39, 0.29) is 24.1 Å². The molecule has 4 heterocycles. The summed E-state index contributed by atoms with van der Waals surface area (Å²) in [5, 5.41) is 7.56. The monoisotopic (exact) mass is 463 g/mol. The maximum Gasteiger partial charge on any atom is 0.279 e. The first kappa shape index (κ1) is 22.1. The summed E-state index contributed by atoms with van der Waals surface area (Å²) >= 11 is 0. The third-order valence-electron chi connectivity index (χ3n) is 6.10. The van der Waals surface area contributed by atoms with Gasteiger partial charge in [0.2, 0.25) is 11.8 Å². The number of rotatable bonds is 4. The Labute approximate surface area is 197 Å². The smallest absolute Gasteiger partial charge is 0.279 e. The van der Waals surface area contributed by atoms with E-state index in [2.05, 4.69) is 28.7 Å². The lowest BCUT2D eigenvalue weighted by molar-refractivity contribution is -0.0277. The standard InChI is InChI=1S/C25H26FN5O3/c1-25(2)14-31(8-9-33-25)16-11-19-20(13-32-24(27)28)18-10-15(17-4-3-7-29-22(17)26)5-6-21(18)34-23(19)30-12-16/h3-7,10-12,20H,8-9,13-14H2,1-2H3,(H3,27,28). The van der Waals surface area contributed by atoms with Crippen molar-refractivity contribution in [3.05, 3.63) is 65.9 Å². The number of anilines is 1. The SMILES string of the molecule is CC1(C)CN(c2cnc3c(c2)C(COC(=N)N)c2cc(-c4cccnc4F)ccc2O3)CCO1. The maximum atomic E-state index is 14.4. The molecule has 1 saturated heterocycles. The molecule has 0 radical (unpaired) electrons. The molecule has 0 saturated carbocycles. The summed E-state index contributed by atoms with van der Waals surface area (Å²) in [7, 11) is 0. The molecule has 3 N–H and O–H groups in total. The van der Waals surface area contributed by atoms with Gasteiger partial charge in [-0.25, -0.2) is 9.97 Å². The fraction of sp³-hybridized carbons (Fsp3) is 0.320. The quantitative estimate of drug-likeness (QED) is 0.342. The summed E-state index contributed by atoms with van der Waals surface area (Å²) in [6.07, 6.45) is 3.22. The highest BCUT2D eigenvalue weighted by Crippen LogP contribution is 2.46. The van der Waals surface area contributed by atoms with Gasteiger partial charge in [-0.1, -0.05) is 6.07 Å². The van der Waals surface area contributed by atoms with E-state index in [9.17, 15) is 4.39 Å². The number of hydrogen-bond donors (Lipinski definition) is 2. The average Bonchev–Trinajstić information content (AvgIpc) is 2.81. The van der Waals surface area contributed by atoms with Crippen molar-refractivity contribution < 1.29 is 18.6 Å². The van der Waals surface area contributed by atoms with Gasteiger partial charge in [-0.15, -0.1) is 0 Å². The highest BCUT2D eigenvalue weighted by molar-refractivity contribution is 5.69. The van der Waals surface area contributed by atoms with Crippen LogP contribution >= 0.6 is 0 Å². The summed E-state index contributed by atoms with van der Waals surface area (Å²) in [5.41, 5.74) is 8.87. The van der Waals surface area contributed by atoms with Crippen molar-refractivity contribution in [1.29, 1.82) is 5.41 Å². The third-order valence-corrected chi connectivity index (χ3v) is 6.10. The maximum absolute atomic E-state index is 14.4. The number of fused-ring (bicyclic) bond motifs is 2. The highest BCUT2D eigenvalue weighted by Gasteiger charge is 2.32. The summed E-state index contributed by atoms with van der Waals surface area (Å²) in [5.74, 6) is 0.213. The Morgan fingerprint density at radius 1 is 1.26 bits per heavy atom. The van der Waals surface area contributed by atoms with E-state index in [0.717, 1.165) is 29.9 Å². The number of ether oxygens (including phenoxy) is 3. The molecule has 8 nitrogen and oxygen atoms in total. The lowest BCUT2D eigenvalue weighted by Crippen LogP contribution is -2.48. The van der Waals surface area contributed by atoms with E-state index >= 15 is 0 Å². The molecule has 0 spiro atoms. The zero-order valence-electron chi connectivity index (χ0n) is 19.0. The molecule has 1 fully saturated rings. The van der Waals surface area contributed by atoms with Gasteiger partial charge in [0.25, 0.3) is 6.02 Å². The van der Waals surface area contributed by atoms with Crippen LogP contribution in [0.3, 0.4) is 0 Å². The first-order valence-electron chi connectivity index (χ1n) is 11.1. The molecule has 2 aliphatic rings. The summed E-state index contributed by atoms with van der Waals surface area (Å²) in [6.45, 7) is 6.35. The van der Waals surface area contributed by atoms with Crippen LogP contribution in [0, 0.1) is 11.4 Å². The Bertz CT molecular complexity index is 1250. The number of amidine groups is 1. The molecule has 34 heavy (non-hydrogen) atoms. The van der Waals surface area contributed by atoms with Gasteiger partial charge < -0.3 is 24.8 Å². The van der Waals surface area contributed by atoms with Crippen LogP contribution in [0.15, 0.2) is 48.8 Å². The number of nitrogens with zero attached hydrogens (tertiary/aromatic N) is 3. The highest BCUT2D eigenvalue weighted by atomic mass is 19.1. The minimum absolute atomic E-state index is 0.122. The molecular weight excluding hydrogens is 437 g/mol. The normalized spacial score (nSPS) is 18.4. The minimum Gasteiger partial charge on any atom is -0.465 e. The molecule has 0 amide bonds. The van der Waals surface area contributed by atoms with Crippen molar-refractivity contribution in [2.45, 2.75) is 25.4 Å². The molecule has 2 aromatic heterocycles. The van der Waals surface area contributed by atoms with Gasteiger partial charge in [-0.3, -0.25) is 5.41 Å². The van der Waals surface area contributed by atoms with E-state index < -0.39 is 5.95 Å². The number of benzene rings is 1. The fourth-order valence-electron chi connectivity index (χ4n) is 4.51. The lowest BCUT2D eigenvalue weighted by atomic mass is 9.87. The zero-order chi connectivity index (χ0) is 23.9. The van der Waals surface area contributed by atoms with Crippen molar-refractivity contribution in [1.82, 2.24) is 9.97 Å². The Morgan fingerprint density at radius 2 is 2.12 bits per heavy atom. The van der Waals surface area contributed by atoms with Crippen molar-refractivity contribution in [3.8, 4) is 22.8 Å². The molecule has 5 rings (SSSR count). The van der Waals surface area contributed by atoms with E-state index in [0.29, 0.717) is 29.4 Å². The Balaban J connectivity index is 1.56. The molecule has 3 aromatic rings. The van der Waals surface area contributed by atoms with Crippen molar-refractivity contribution in [2.75, 3.05) is 31.2 Å². The average molecular weight is 464 g/mol. The van der Waals surface area contributed by atoms with Gasteiger partial charge in [0.1, 0.15) is 12.4 Å². The molecule has 2 aliphatic heterocycles. The van der Waals surface area contributed by atoms with Crippen LogP contribution in [-0.2, 0) is 9.47 Å². The van der Waals surface area contributed by atoms with Crippen molar-refractivity contribution >= 4 is 11.7 Å². The lowest BCUT2D eigenvalue weighted by Gasteiger charge is -2.39. The predicted molar refractivity (Wildman–Crippen MR) is 126 cm³/mol. The van der Waals surface area contributed by atoms with Crippen LogP contribution in [0.25, 0.3) is 11.1 Å². The number of nitrogens with one attached hydrogen (secondary N) is 1. The molecule has 0 bridgehead atoms. The Kier molecular flexibility index (Phi) is 5.57. The van der Waals surface area contributed by atoms with Crippen LogP contribution in [0.1, 0.15) is 30.9 Å². The van der Waals surface area contributed by atoms with E-state index in [1.807, 2.05) is 12.1 Å². The van der Waals surface area contributed by atoms with Crippen molar-refractivity contribution in [2.24, 2.45) is 5.73 Å². The second-order valence-electron chi connectivity index (χ2n) is 9.04.